The minimum atomic E-state index is -0.954. The number of nitrogens with zero attached hydrogens (tertiary/aromatic N) is 1. The Labute approximate surface area is 256 Å². The lowest BCUT2D eigenvalue weighted by Crippen LogP contribution is -2.52. The van der Waals surface area contributed by atoms with E-state index < -0.39 is 35.6 Å². The second-order valence-corrected chi connectivity index (χ2v) is 10.8. The van der Waals surface area contributed by atoms with Gasteiger partial charge in [0.25, 0.3) is 5.91 Å². The number of amides is 4. The van der Waals surface area contributed by atoms with E-state index in [4.69, 9.17) is 18.9 Å². The van der Waals surface area contributed by atoms with Gasteiger partial charge in [0.1, 0.15) is 41.8 Å². The molecule has 3 heterocycles. The van der Waals surface area contributed by atoms with Gasteiger partial charge in [-0.3, -0.25) is 25.0 Å². The molecule has 3 aromatic rings. The number of halogens is 2. The Hall–Kier alpha value is -5.04. The highest BCUT2D eigenvalue weighted by Crippen LogP contribution is 2.38. The van der Waals surface area contributed by atoms with Gasteiger partial charge in [0.2, 0.25) is 11.8 Å². The molecule has 3 aliphatic rings. The molecule has 3 aliphatic heterocycles. The molecule has 0 aliphatic carbocycles. The van der Waals surface area contributed by atoms with Crippen molar-refractivity contribution < 1.29 is 46.9 Å². The molecule has 3 aromatic carbocycles. The maximum atomic E-state index is 14.8. The van der Waals surface area contributed by atoms with Crippen molar-refractivity contribution in [1.82, 2.24) is 10.2 Å². The van der Waals surface area contributed by atoms with E-state index in [0.717, 1.165) is 12.5 Å². The Kier molecular flexibility index (Phi) is 8.60. The molecule has 0 spiro atoms. The van der Waals surface area contributed by atoms with Crippen LogP contribution in [0.2, 0.25) is 0 Å². The molecule has 0 aromatic heterocycles. The number of piperidine rings is 1. The summed E-state index contributed by atoms with van der Waals surface area (Å²) in [6.45, 7) is 0.761. The van der Waals surface area contributed by atoms with Crippen LogP contribution in [-0.2, 0) is 32.2 Å². The van der Waals surface area contributed by atoms with Crippen molar-refractivity contribution in [2.45, 2.75) is 51.0 Å². The molecule has 2 fully saturated rings. The van der Waals surface area contributed by atoms with Crippen LogP contribution in [0.4, 0.5) is 19.3 Å². The molecular formula is C32H29F2N3O8. The predicted molar refractivity (Wildman–Crippen MR) is 154 cm³/mol. The first-order valence-electron chi connectivity index (χ1n) is 14.5. The van der Waals surface area contributed by atoms with Gasteiger partial charge in [-0.05, 0) is 61.2 Å². The van der Waals surface area contributed by atoms with Gasteiger partial charge in [0.05, 0.1) is 17.9 Å². The van der Waals surface area contributed by atoms with E-state index in [0.29, 0.717) is 36.5 Å². The van der Waals surface area contributed by atoms with Gasteiger partial charge >= 0.3 is 6.09 Å². The summed E-state index contributed by atoms with van der Waals surface area (Å²) >= 11 is 0. The summed E-state index contributed by atoms with van der Waals surface area (Å²) in [7, 11) is 0. The number of benzene rings is 3. The predicted octanol–water partition coefficient (Wildman–Crippen LogP) is 4.82. The van der Waals surface area contributed by atoms with E-state index in [1.54, 1.807) is 12.1 Å². The van der Waals surface area contributed by atoms with E-state index in [-0.39, 0.29) is 60.8 Å². The average Bonchev–Trinajstić information content (AvgIpc) is 3.36. The van der Waals surface area contributed by atoms with Gasteiger partial charge in [-0.15, -0.1) is 0 Å². The van der Waals surface area contributed by atoms with E-state index in [2.05, 4.69) is 10.6 Å². The molecule has 0 saturated carbocycles. The Morgan fingerprint density at radius 2 is 1.82 bits per heavy atom. The molecule has 45 heavy (non-hydrogen) atoms. The summed E-state index contributed by atoms with van der Waals surface area (Å²) in [6, 6.07) is 11.6. The molecule has 2 atom stereocenters. The number of carbonyl (C=O) groups is 4. The van der Waals surface area contributed by atoms with Crippen molar-refractivity contribution in [3.05, 3.63) is 82.9 Å². The van der Waals surface area contributed by atoms with Crippen molar-refractivity contribution in [1.29, 1.82) is 0 Å². The van der Waals surface area contributed by atoms with Crippen LogP contribution >= 0.6 is 0 Å². The van der Waals surface area contributed by atoms with Gasteiger partial charge in [-0.1, -0.05) is 12.1 Å². The third-order valence-corrected chi connectivity index (χ3v) is 7.72. The first-order valence-corrected chi connectivity index (χ1v) is 14.5. The van der Waals surface area contributed by atoms with Crippen LogP contribution < -0.4 is 20.1 Å². The fraction of sp³-hybridized carbons (Fsp3) is 0.312. The summed E-state index contributed by atoms with van der Waals surface area (Å²) < 4.78 is 50.6. The Balaban J connectivity index is 1.16. The van der Waals surface area contributed by atoms with Crippen molar-refractivity contribution in [2.24, 2.45) is 0 Å². The molecule has 1 unspecified atom stereocenters. The lowest BCUT2D eigenvalue weighted by molar-refractivity contribution is -0.136. The van der Waals surface area contributed by atoms with E-state index in [1.165, 1.54) is 41.3 Å². The number of ether oxygens (including phenoxy) is 4. The van der Waals surface area contributed by atoms with Crippen LogP contribution in [0, 0.1) is 11.6 Å². The Morgan fingerprint density at radius 3 is 2.56 bits per heavy atom. The topological polar surface area (TPSA) is 132 Å². The van der Waals surface area contributed by atoms with E-state index >= 15 is 0 Å². The van der Waals surface area contributed by atoms with E-state index in [9.17, 15) is 28.0 Å². The fourth-order valence-corrected chi connectivity index (χ4v) is 5.47. The maximum Gasteiger partial charge on any atom is 0.412 e. The van der Waals surface area contributed by atoms with Crippen LogP contribution in [0.5, 0.6) is 17.2 Å². The third kappa shape index (κ3) is 6.73. The molecule has 234 valence electrons. The zero-order valence-electron chi connectivity index (χ0n) is 24.0. The minimum absolute atomic E-state index is 0.123. The van der Waals surface area contributed by atoms with Crippen molar-refractivity contribution in [2.75, 3.05) is 18.5 Å². The summed E-state index contributed by atoms with van der Waals surface area (Å²) in [6.07, 6.45) is 0.491. The van der Waals surface area contributed by atoms with Gasteiger partial charge in [0, 0.05) is 31.2 Å². The summed E-state index contributed by atoms with van der Waals surface area (Å²) in [5.74, 6) is -1.89. The Morgan fingerprint density at radius 1 is 1.02 bits per heavy atom. The number of hydrogen-bond acceptors (Lipinski definition) is 8. The number of hydrogen-bond donors (Lipinski definition) is 2. The highest BCUT2D eigenvalue weighted by atomic mass is 19.1. The van der Waals surface area contributed by atoms with E-state index in [1.807, 2.05) is 0 Å². The first-order chi connectivity index (χ1) is 21.7. The zero-order chi connectivity index (χ0) is 31.5. The highest BCUT2D eigenvalue weighted by molar-refractivity contribution is 6.06. The van der Waals surface area contributed by atoms with Crippen LogP contribution in [0.1, 0.15) is 47.2 Å². The zero-order valence-corrected chi connectivity index (χ0v) is 24.0. The van der Waals surface area contributed by atoms with Gasteiger partial charge < -0.3 is 23.8 Å². The SMILES string of the molecule is O=C1CCC(N2Cc3ccc(COC(=O)Nc4ccc(Oc5ccc(F)cc5)cc4F)c(O[C@@H]4CCCOC4)c3C2=O)C(=O)N1. The molecule has 6 rings (SSSR count). The van der Waals surface area contributed by atoms with Crippen molar-refractivity contribution in [3.63, 3.8) is 0 Å². The molecule has 4 amide bonds. The first kappa shape index (κ1) is 30.0. The number of rotatable bonds is 8. The standard InChI is InChI=1S/C32H29F2N3O8/c33-20-5-7-21(8-6-20)44-22-9-10-25(24(34)14-22)35-32(41)43-16-19-4-3-18-15-37(26-11-12-27(38)36-30(26)39)31(40)28(18)29(19)45-23-2-1-13-42-17-23/h3-10,14,23,26H,1-2,11-13,15-17H2,(H,35,41)(H,36,38,39)/t23-,26?/m1/s1. The fourth-order valence-electron chi connectivity index (χ4n) is 5.47. The van der Waals surface area contributed by atoms with Gasteiger partial charge in [-0.25, -0.2) is 13.6 Å². The maximum absolute atomic E-state index is 14.8. The summed E-state index contributed by atoms with van der Waals surface area (Å²) in [5.41, 5.74) is 1.13. The van der Waals surface area contributed by atoms with Crippen LogP contribution in [0.3, 0.4) is 0 Å². The van der Waals surface area contributed by atoms with Crippen molar-refractivity contribution in [3.8, 4) is 17.2 Å². The summed E-state index contributed by atoms with van der Waals surface area (Å²) in [5, 5.41) is 4.64. The molecular weight excluding hydrogens is 592 g/mol. The number of nitrogens with one attached hydrogen (secondary N) is 2. The second-order valence-electron chi connectivity index (χ2n) is 10.8. The number of anilines is 1. The normalized spacial score (nSPS) is 19.5. The molecule has 2 N–H and O–H groups in total. The molecule has 0 bridgehead atoms. The molecule has 0 radical (unpaired) electrons. The molecule has 2 saturated heterocycles. The molecule has 13 heteroatoms. The van der Waals surface area contributed by atoms with Crippen LogP contribution in [0.25, 0.3) is 0 Å². The minimum Gasteiger partial charge on any atom is -0.487 e. The van der Waals surface area contributed by atoms with Gasteiger partial charge in [-0.2, -0.15) is 0 Å². The smallest absolute Gasteiger partial charge is 0.412 e. The lowest BCUT2D eigenvalue weighted by Gasteiger charge is -2.29. The number of fused-ring (bicyclic) bond motifs is 1. The monoisotopic (exact) mass is 621 g/mol. The summed E-state index contributed by atoms with van der Waals surface area (Å²) in [4.78, 5) is 52.0. The molecule has 11 nitrogen and oxygen atoms in total. The highest BCUT2D eigenvalue weighted by Gasteiger charge is 2.41. The van der Waals surface area contributed by atoms with Gasteiger partial charge in [0.15, 0.2) is 5.82 Å². The van der Waals surface area contributed by atoms with Crippen LogP contribution in [0.15, 0.2) is 54.6 Å². The van der Waals surface area contributed by atoms with Crippen molar-refractivity contribution >= 4 is 29.5 Å². The number of imide groups is 1. The number of carbonyl (C=O) groups excluding carboxylic acids is 4. The van der Waals surface area contributed by atoms with Crippen LogP contribution in [-0.4, -0.2) is 54.1 Å². The lowest BCUT2D eigenvalue weighted by atomic mass is 10.0. The third-order valence-electron chi connectivity index (χ3n) is 7.72. The Bertz CT molecular complexity index is 1640. The average molecular weight is 622 g/mol. The largest absolute Gasteiger partial charge is 0.487 e. The second kappa shape index (κ2) is 12.9. The quantitative estimate of drug-likeness (QED) is 0.342.